The normalized spacial score (nSPS) is 18.9. The molecule has 0 radical (unpaired) electrons. The number of methoxy groups -OCH3 is 1. The molecule has 0 aromatic heterocycles. The predicted molar refractivity (Wildman–Crippen MR) is 122 cm³/mol. The lowest BCUT2D eigenvalue weighted by molar-refractivity contribution is 0.0942. The monoisotopic (exact) mass is 394 g/mol. The number of carbonyl (C=O) groups excluding carboxylic acids is 1. The summed E-state index contributed by atoms with van der Waals surface area (Å²) in [7, 11) is 1.65. The average molecular weight is 395 g/mol. The van der Waals surface area contributed by atoms with Gasteiger partial charge < -0.3 is 4.74 Å². The molecule has 3 aromatic carbocycles. The van der Waals surface area contributed by atoms with Crippen molar-refractivity contribution in [1.29, 1.82) is 0 Å². The van der Waals surface area contributed by atoms with Gasteiger partial charge in [-0.2, -0.15) is 0 Å². The first-order valence-electron chi connectivity index (χ1n) is 10.8. The van der Waals surface area contributed by atoms with Gasteiger partial charge in [0.2, 0.25) is 0 Å². The summed E-state index contributed by atoms with van der Waals surface area (Å²) in [5.74, 6) is 1.30. The van der Waals surface area contributed by atoms with Crippen molar-refractivity contribution in [3.8, 4) is 16.9 Å². The minimum absolute atomic E-state index is 0.0899. The zero-order chi connectivity index (χ0) is 20.7. The molecule has 2 aliphatic carbocycles. The van der Waals surface area contributed by atoms with Gasteiger partial charge in [-0.05, 0) is 82.1 Å². The number of rotatable bonds is 4. The van der Waals surface area contributed by atoms with Crippen LogP contribution in [-0.2, 0) is 6.42 Å². The van der Waals surface area contributed by atoms with Crippen molar-refractivity contribution in [2.75, 3.05) is 7.11 Å². The largest absolute Gasteiger partial charge is 0.497 e. The lowest BCUT2D eigenvalue weighted by atomic mass is 9.76. The Balaban J connectivity index is 1.63. The Morgan fingerprint density at radius 3 is 2.53 bits per heavy atom. The molecule has 0 N–H and O–H groups in total. The van der Waals surface area contributed by atoms with Crippen LogP contribution < -0.4 is 15.2 Å². The molecule has 0 spiro atoms. The second-order valence-corrected chi connectivity index (χ2v) is 8.30. The smallest absolute Gasteiger partial charge is 0.169 e. The fourth-order valence-electron chi connectivity index (χ4n) is 5.06. The Morgan fingerprint density at radius 2 is 1.77 bits per heavy atom. The summed E-state index contributed by atoms with van der Waals surface area (Å²) in [6, 6.07) is 20.7. The fraction of sp³-hybridized carbons (Fsp3) is 0.250. The summed E-state index contributed by atoms with van der Waals surface area (Å²) in [6.07, 6.45) is 7.45. The molecule has 3 aromatic rings. The number of ether oxygens (including phenoxy) is 1. The van der Waals surface area contributed by atoms with E-state index in [1.807, 2.05) is 24.3 Å². The van der Waals surface area contributed by atoms with Gasteiger partial charge >= 0.3 is 0 Å². The minimum atomic E-state index is -0.0899. The molecule has 0 heterocycles. The number of ketones is 1. The van der Waals surface area contributed by atoms with Crippen LogP contribution in [0.5, 0.6) is 5.75 Å². The van der Waals surface area contributed by atoms with Crippen LogP contribution in [0.4, 0.5) is 0 Å². The molecule has 5 rings (SSSR count). The SMILES string of the molecule is CCC1CC(C(=O)c2ccc(OC)cc2)C=c2c1ccc1c2=CCc2ccccc2-1. The number of carbonyl (C=O) groups is 1. The van der Waals surface area contributed by atoms with Gasteiger partial charge in [-0.3, -0.25) is 4.79 Å². The number of Topliss-reactive ketones (excluding diaryl/α,β-unsaturated/α-hetero) is 1. The molecule has 0 saturated carbocycles. The third kappa shape index (κ3) is 3.08. The molecule has 2 atom stereocenters. The van der Waals surface area contributed by atoms with E-state index in [4.69, 9.17) is 4.74 Å². The molecule has 2 nitrogen and oxygen atoms in total. The van der Waals surface area contributed by atoms with E-state index in [2.05, 4.69) is 55.5 Å². The van der Waals surface area contributed by atoms with Crippen molar-refractivity contribution in [2.24, 2.45) is 5.92 Å². The van der Waals surface area contributed by atoms with Gasteiger partial charge in [0.15, 0.2) is 5.78 Å². The molecular formula is C28H26O2. The summed E-state index contributed by atoms with van der Waals surface area (Å²) in [5, 5.41) is 2.57. The highest BCUT2D eigenvalue weighted by molar-refractivity contribution is 6.01. The van der Waals surface area contributed by atoms with Crippen molar-refractivity contribution in [3.63, 3.8) is 0 Å². The highest BCUT2D eigenvalue weighted by Crippen LogP contribution is 2.33. The second-order valence-electron chi connectivity index (χ2n) is 8.30. The summed E-state index contributed by atoms with van der Waals surface area (Å²) in [4.78, 5) is 13.4. The van der Waals surface area contributed by atoms with E-state index in [9.17, 15) is 4.79 Å². The lowest BCUT2D eigenvalue weighted by Crippen LogP contribution is -2.38. The first kappa shape index (κ1) is 18.9. The molecule has 2 heteroatoms. The fourth-order valence-corrected chi connectivity index (χ4v) is 5.06. The van der Waals surface area contributed by atoms with Crippen molar-refractivity contribution < 1.29 is 9.53 Å². The van der Waals surface area contributed by atoms with E-state index in [1.54, 1.807) is 7.11 Å². The number of hydrogen-bond acceptors (Lipinski definition) is 2. The Hall–Kier alpha value is -3.13. The molecule has 0 fully saturated rings. The van der Waals surface area contributed by atoms with E-state index < -0.39 is 0 Å². The predicted octanol–water partition coefficient (Wildman–Crippen LogP) is 4.88. The summed E-state index contributed by atoms with van der Waals surface area (Å²) >= 11 is 0. The third-order valence-corrected chi connectivity index (χ3v) is 6.70. The van der Waals surface area contributed by atoms with Gasteiger partial charge in [0.05, 0.1) is 7.11 Å². The van der Waals surface area contributed by atoms with Crippen LogP contribution in [0.1, 0.15) is 47.2 Å². The maximum absolute atomic E-state index is 13.4. The summed E-state index contributed by atoms with van der Waals surface area (Å²) in [6.45, 7) is 2.23. The quantitative estimate of drug-likeness (QED) is 0.590. The first-order chi connectivity index (χ1) is 14.7. The highest BCUT2D eigenvalue weighted by Gasteiger charge is 2.28. The van der Waals surface area contributed by atoms with Gasteiger partial charge in [0.25, 0.3) is 0 Å². The number of fused-ring (bicyclic) bond motifs is 5. The van der Waals surface area contributed by atoms with E-state index in [0.29, 0.717) is 5.92 Å². The molecule has 2 unspecified atom stereocenters. The summed E-state index contributed by atoms with van der Waals surface area (Å²) in [5.41, 5.74) is 6.14. The van der Waals surface area contributed by atoms with Gasteiger partial charge in [0, 0.05) is 11.5 Å². The molecule has 0 amide bonds. The Kier molecular flexibility index (Phi) is 4.78. The highest BCUT2D eigenvalue weighted by atomic mass is 16.5. The van der Waals surface area contributed by atoms with E-state index in [0.717, 1.165) is 30.6 Å². The van der Waals surface area contributed by atoms with Crippen molar-refractivity contribution in [1.82, 2.24) is 0 Å². The van der Waals surface area contributed by atoms with Crippen molar-refractivity contribution in [3.05, 3.63) is 87.8 Å². The van der Waals surface area contributed by atoms with E-state index in [-0.39, 0.29) is 11.7 Å². The van der Waals surface area contributed by atoms with Crippen LogP contribution >= 0.6 is 0 Å². The Morgan fingerprint density at radius 1 is 0.967 bits per heavy atom. The molecule has 0 saturated heterocycles. The Labute approximate surface area is 177 Å². The van der Waals surface area contributed by atoms with Gasteiger partial charge in [-0.15, -0.1) is 0 Å². The third-order valence-electron chi connectivity index (χ3n) is 6.70. The Bertz CT molecular complexity index is 1230. The van der Waals surface area contributed by atoms with Crippen LogP contribution in [0, 0.1) is 5.92 Å². The van der Waals surface area contributed by atoms with Crippen LogP contribution in [0.25, 0.3) is 23.3 Å². The number of hydrogen-bond donors (Lipinski definition) is 0. The van der Waals surface area contributed by atoms with Gasteiger partial charge in [0.1, 0.15) is 5.75 Å². The van der Waals surface area contributed by atoms with Gasteiger partial charge in [-0.25, -0.2) is 0 Å². The molecule has 150 valence electrons. The molecule has 2 aliphatic rings. The zero-order valence-electron chi connectivity index (χ0n) is 17.5. The number of benzene rings is 3. The first-order valence-corrected chi connectivity index (χ1v) is 10.8. The topological polar surface area (TPSA) is 26.3 Å². The lowest BCUT2D eigenvalue weighted by Gasteiger charge is -2.27. The van der Waals surface area contributed by atoms with Crippen LogP contribution in [0.2, 0.25) is 0 Å². The van der Waals surface area contributed by atoms with E-state index >= 15 is 0 Å². The average Bonchev–Trinajstić information content (AvgIpc) is 2.82. The van der Waals surface area contributed by atoms with Crippen molar-refractivity contribution in [2.45, 2.75) is 32.1 Å². The molecule has 0 bridgehead atoms. The maximum atomic E-state index is 13.4. The van der Waals surface area contributed by atoms with Gasteiger partial charge in [-0.1, -0.05) is 55.5 Å². The molecule has 0 aliphatic heterocycles. The second kappa shape index (κ2) is 7.60. The van der Waals surface area contributed by atoms with Crippen molar-refractivity contribution >= 4 is 17.9 Å². The van der Waals surface area contributed by atoms with Crippen LogP contribution in [0.3, 0.4) is 0 Å². The van der Waals surface area contributed by atoms with Crippen LogP contribution in [0.15, 0.2) is 60.7 Å². The zero-order valence-corrected chi connectivity index (χ0v) is 17.5. The molecule has 30 heavy (non-hydrogen) atoms. The van der Waals surface area contributed by atoms with E-state index in [1.165, 1.54) is 32.7 Å². The summed E-state index contributed by atoms with van der Waals surface area (Å²) < 4.78 is 5.24. The molecular weight excluding hydrogens is 368 g/mol. The minimum Gasteiger partial charge on any atom is -0.497 e. The van der Waals surface area contributed by atoms with Crippen LogP contribution in [-0.4, -0.2) is 12.9 Å². The standard InChI is InChI=1S/C28H26O2/c1-3-18-16-21(28(29)20-8-11-22(30-2)12-9-20)17-27-24(18)14-15-25-23-7-5-4-6-19(23)10-13-26(25)27/h4-9,11-15,17-18,21H,3,10,16H2,1-2H3. The maximum Gasteiger partial charge on any atom is 0.169 e.